The van der Waals surface area contributed by atoms with E-state index in [9.17, 15) is 4.79 Å². The van der Waals surface area contributed by atoms with Gasteiger partial charge in [0.05, 0.1) is 6.61 Å². The predicted molar refractivity (Wildman–Crippen MR) is 75.7 cm³/mol. The molecule has 0 spiro atoms. The van der Waals surface area contributed by atoms with E-state index in [1.807, 2.05) is 12.2 Å². The van der Waals surface area contributed by atoms with Crippen molar-refractivity contribution >= 4 is 5.97 Å². The topological polar surface area (TPSA) is 44.8 Å². The summed E-state index contributed by atoms with van der Waals surface area (Å²) in [5, 5.41) is 0. The molecule has 108 valence electrons. The zero-order chi connectivity index (χ0) is 14.3. The second kappa shape index (κ2) is 13.1. The molecular formula is C15H24O4. The van der Waals surface area contributed by atoms with Gasteiger partial charge in [-0.25, -0.2) is 4.79 Å². The number of allylic oxidation sites excluding steroid dienone is 5. The minimum Gasteiger partial charge on any atom is -0.463 e. The Bertz CT molecular complexity index is 301. The Morgan fingerprint density at radius 1 is 1.11 bits per heavy atom. The molecule has 0 bridgehead atoms. The Morgan fingerprint density at radius 3 is 2.42 bits per heavy atom. The summed E-state index contributed by atoms with van der Waals surface area (Å²) in [5.74, 6) is -0.318. The molecule has 0 atom stereocenters. The number of hydrogen-bond donors (Lipinski definition) is 0. The number of hydrogen-bond acceptors (Lipinski definition) is 4. The van der Waals surface area contributed by atoms with E-state index in [0.29, 0.717) is 6.61 Å². The Hall–Kier alpha value is -1.39. The van der Waals surface area contributed by atoms with Gasteiger partial charge in [-0.1, -0.05) is 30.4 Å². The summed E-state index contributed by atoms with van der Waals surface area (Å²) in [7, 11) is 3.28. The zero-order valence-corrected chi connectivity index (χ0v) is 12.0. The lowest BCUT2D eigenvalue weighted by Crippen LogP contribution is -2.11. The lowest BCUT2D eigenvalue weighted by molar-refractivity contribution is -0.137. The average Bonchev–Trinajstić information content (AvgIpc) is 2.41. The third-order valence-corrected chi connectivity index (χ3v) is 2.32. The van der Waals surface area contributed by atoms with Crippen LogP contribution in [0.25, 0.3) is 0 Å². The minimum atomic E-state index is -0.318. The summed E-state index contributed by atoms with van der Waals surface area (Å²) in [6, 6.07) is 0. The van der Waals surface area contributed by atoms with Crippen molar-refractivity contribution in [1.82, 2.24) is 0 Å². The van der Waals surface area contributed by atoms with Gasteiger partial charge in [0.15, 0.2) is 6.29 Å². The molecule has 0 radical (unpaired) electrons. The van der Waals surface area contributed by atoms with Crippen molar-refractivity contribution in [2.75, 3.05) is 20.8 Å². The Morgan fingerprint density at radius 2 is 1.79 bits per heavy atom. The molecule has 0 saturated heterocycles. The Balaban J connectivity index is 3.65. The molecule has 19 heavy (non-hydrogen) atoms. The summed E-state index contributed by atoms with van der Waals surface area (Å²) in [4.78, 5) is 11.0. The molecule has 0 aliphatic carbocycles. The predicted octanol–water partition coefficient (Wildman–Crippen LogP) is 3.01. The molecule has 0 amide bonds. The van der Waals surface area contributed by atoms with Crippen molar-refractivity contribution in [3.05, 3.63) is 36.5 Å². The van der Waals surface area contributed by atoms with Crippen LogP contribution in [0, 0.1) is 0 Å². The number of rotatable bonds is 10. The largest absolute Gasteiger partial charge is 0.463 e. The van der Waals surface area contributed by atoms with E-state index < -0.39 is 0 Å². The second-order valence-corrected chi connectivity index (χ2v) is 3.76. The molecule has 0 aromatic heterocycles. The molecule has 0 aliphatic heterocycles. The molecule has 0 rings (SSSR count). The van der Waals surface area contributed by atoms with Crippen LogP contribution in [0.15, 0.2) is 36.5 Å². The van der Waals surface area contributed by atoms with Crippen molar-refractivity contribution in [3.63, 3.8) is 0 Å². The van der Waals surface area contributed by atoms with Gasteiger partial charge in [-0.15, -0.1) is 0 Å². The maximum absolute atomic E-state index is 11.0. The van der Waals surface area contributed by atoms with Crippen LogP contribution >= 0.6 is 0 Å². The molecular weight excluding hydrogens is 244 g/mol. The van der Waals surface area contributed by atoms with Crippen LogP contribution in [0.4, 0.5) is 0 Å². The first kappa shape index (κ1) is 17.6. The van der Waals surface area contributed by atoms with Crippen LogP contribution in [0.5, 0.6) is 0 Å². The van der Waals surface area contributed by atoms with E-state index >= 15 is 0 Å². The Kier molecular flexibility index (Phi) is 12.1. The van der Waals surface area contributed by atoms with Crippen LogP contribution in [-0.2, 0) is 19.0 Å². The van der Waals surface area contributed by atoms with Crippen molar-refractivity contribution < 1.29 is 19.0 Å². The lowest BCUT2D eigenvalue weighted by atomic mass is 10.2. The number of esters is 1. The van der Waals surface area contributed by atoms with Crippen molar-refractivity contribution in [2.45, 2.75) is 32.5 Å². The van der Waals surface area contributed by atoms with Gasteiger partial charge in [-0.05, 0) is 26.2 Å². The highest BCUT2D eigenvalue weighted by molar-refractivity contribution is 5.82. The molecule has 0 N–H and O–H groups in total. The average molecular weight is 268 g/mol. The highest BCUT2D eigenvalue weighted by Crippen LogP contribution is 2.05. The molecule has 0 aromatic rings. The van der Waals surface area contributed by atoms with Crippen molar-refractivity contribution in [1.29, 1.82) is 0 Å². The van der Waals surface area contributed by atoms with Crippen LogP contribution in [0.3, 0.4) is 0 Å². The maximum Gasteiger partial charge on any atom is 0.330 e. The van der Waals surface area contributed by atoms with Crippen LogP contribution in [0.1, 0.15) is 26.2 Å². The molecule has 0 unspecified atom stereocenters. The quantitative estimate of drug-likeness (QED) is 0.201. The third-order valence-electron chi connectivity index (χ3n) is 2.32. The molecule has 0 aliphatic rings. The van der Waals surface area contributed by atoms with Crippen LogP contribution < -0.4 is 0 Å². The molecule has 0 heterocycles. The summed E-state index contributed by atoms with van der Waals surface area (Å²) in [6.07, 6.45) is 13.5. The maximum atomic E-state index is 11.0. The summed E-state index contributed by atoms with van der Waals surface area (Å²) >= 11 is 0. The van der Waals surface area contributed by atoms with E-state index in [-0.39, 0.29) is 12.3 Å². The zero-order valence-electron chi connectivity index (χ0n) is 12.0. The van der Waals surface area contributed by atoms with E-state index in [4.69, 9.17) is 14.2 Å². The van der Waals surface area contributed by atoms with E-state index in [1.54, 1.807) is 33.3 Å². The van der Waals surface area contributed by atoms with Gasteiger partial charge in [0.1, 0.15) is 0 Å². The fraction of sp³-hybridized carbons (Fsp3) is 0.533. The number of carbonyl (C=O) groups excluding carboxylic acids is 1. The third kappa shape index (κ3) is 11.4. The highest BCUT2D eigenvalue weighted by Gasteiger charge is 2.02. The molecule has 4 heteroatoms. The standard InChI is InChI=1S/C15H24O4/c1-4-19-14(16)12-10-8-6-5-7-9-11-13-15(17-2)18-3/h5-8,10,12,15H,4,9,11,13H2,1-3H3/b7-5+,8-6+,12-10-. The summed E-state index contributed by atoms with van der Waals surface area (Å²) < 4.78 is 14.9. The minimum absolute atomic E-state index is 0.114. The van der Waals surface area contributed by atoms with Gasteiger partial charge in [-0.2, -0.15) is 0 Å². The Labute approximate surface area is 115 Å². The van der Waals surface area contributed by atoms with Crippen molar-refractivity contribution in [2.24, 2.45) is 0 Å². The number of carbonyl (C=O) groups is 1. The van der Waals surface area contributed by atoms with Crippen molar-refractivity contribution in [3.8, 4) is 0 Å². The van der Waals surface area contributed by atoms with Crippen LogP contribution in [0.2, 0.25) is 0 Å². The first-order valence-corrected chi connectivity index (χ1v) is 6.46. The fourth-order valence-corrected chi connectivity index (χ4v) is 1.36. The summed E-state index contributed by atoms with van der Waals surface area (Å²) in [5.41, 5.74) is 0. The molecule has 4 nitrogen and oxygen atoms in total. The highest BCUT2D eigenvalue weighted by atomic mass is 16.7. The van der Waals surface area contributed by atoms with Gasteiger partial charge in [0, 0.05) is 20.3 Å². The van der Waals surface area contributed by atoms with Crippen LogP contribution in [-0.4, -0.2) is 33.1 Å². The van der Waals surface area contributed by atoms with Gasteiger partial charge < -0.3 is 14.2 Å². The van der Waals surface area contributed by atoms with Gasteiger partial charge in [0.2, 0.25) is 0 Å². The number of methoxy groups -OCH3 is 2. The first-order valence-electron chi connectivity index (χ1n) is 6.46. The second-order valence-electron chi connectivity index (χ2n) is 3.76. The SMILES string of the molecule is CCOC(=O)\C=C/C=C/C=C/CCCC(OC)OC. The van der Waals surface area contributed by atoms with Gasteiger partial charge in [-0.3, -0.25) is 0 Å². The molecule has 0 saturated carbocycles. The molecule has 0 fully saturated rings. The van der Waals surface area contributed by atoms with Gasteiger partial charge >= 0.3 is 5.97 Å². The van der Waals surface area contributed by atoms with E-state index in [0.717, 1.165) is 19.3 Å². The first-order chi connectivity index (χ1) is 9.24. The summed E-state index contributed by atoms with van der Waals surface area (Å²) in [6.45, 7) is 2.18. The van der Waals surface area contributed by atoms with E-state index in [2.05, 4.69) is 6.08 Å². The lowest BCUT2D eigenvalue weighted by Gasteiger charge is -2.11. The fourth-order valence-electron chi connectivity index (χ4n) is 1.36. The van der Waals surface area contributed by atoms with E-state index in [1.165, 1.54) is 6.08 Å². The number of unbranched alkanes of at least 4 members (excludes halogenated alkanes) is 1. The molecule has 0 aromatic carbocycles. The monoisotopic (exact) mass is 268 g/mol. The number of ether oxygens (including phenoxy) is 3. The normalized spacial score (nSPS) is 12.2. The smallest absolute Gasteiger partial charge is 0.330 e. The van der Waals surface area contributed by atoms with Gasteiger partial charge in [0.25, 0.3) is 0 Å².